The topological polar surface area (TPSA) is 52.0 Å². The largest absolute Gasteiger partial charge is 0.330 e. The van der Waals surface area contributed by atoms with Crippen molar-refractivity contribution >= 4 is 0 Å². The van der Waals surface area contributed by atoms with E-state index in [0.717, 1.165) is 19.5 Å². The van der Waals surface area contributed by atoms with Gasteiger partial charge in [0.05, 0.1) is 0 Å². The van der Waals surface area contributed by atoms with Crippen molar-refractivity contribution in [2.24, 2.45) is 22.3 Å². The lowest BCUT2D eigenvalue weighted by molar-refractivity contribution is 0.0700. The van der Waals surface area contributed by atoms with Gasteiger partial charge >= 0.3 is 0 Å². The van der Waals surface area contributed by atoms with Crippen LogP contribution in [0.2, 0.25) is 0 Å². The van der Waals surface area contributed by atoms with Crippen molar-refractivity contribution < 1.29 is 0 Å². The molecule has 0 saturated carbocycles. The summed E-state index contributed by atoms with van der Waals surface area (Å²) < 4.78 is 0. The van der Waals surface area contributed by atoms with E-state index in [-0.39, 0.29) is 10.8 Å². The molecule has 2 nitrogen and oxygen atoms in total. The SMILES string of the molecule is CCCC(C)(CN)C(C)(CC)CN. The van der Waals surface area contributed by atoms with Gasteiger partial charge in [-0.2, -0.15) is 0 Å². The Bertz CT molecular complexity index is 141. The van der Waals surface area contributed by atoms with Crippen molar-refractivity contribution in [1.29, 1.82) is 0 Å². The van der Waals surface area contributed by atoms with Gasteiger partial charge in [0.2, 0.25) is 0 Å². The molecule has 0 rings (SSSR count). The minimum absolute atomic E-state index is 0.192. The van der Waals surface area contributed by atoms with E-state index >= 15 is 0 Å². The minimum atomic E-state index is 0.192. The quantitative estimate of drug-likeness (QED) is 0.667. The van der Waals surface area contributed by atoms with E-state index in [1.807, 2.05) is 0 Å². The second-order valence-electron chi connectivity index (χ2n) is 4.63. The maximum Gasteiger partial charge on any atom is -0.00175 e. The van der Waals surface area contributed by atoms with Crippen LogP contribution in [0.25, 0.3) is 0 Å². The molecule has 0 aliphatic heterocycles. The molecule has 2 unspecified atom stereocenters. The molecule has 0 heterocycles. The summed E-state index contributed by atoms with van der Waals surface area (Å²) in [5.41, 5.74) is 12.1. The maximum absolute atomic E-state index is 5.87. The molecule has 0 aromatic rings. The number of rotatable bonds is 6. The Labute approximate surface area is 83.1 Å². The molecule has 0 aliphatic rings. The molecule has 2 heteroatoms. The molecule has 0 amide bonds. The van der Waals surface area contributed by atoms with Gasteiger partial charge in [-0.15, -0.1) is 0 Å². The van der Waals surface area contributed by atoms with Crippen LogP contribution in [0.1, 0.15) is 47.0 Å². The maximum atomic E-state index is 5.87. The van der Waals surface area contributed by atoms with Crippen molar-refractivity contribution in [3.8, 4) is 0 Å². The first kappa shape index (κ1) is 12.9. The van der Waals surface area contributed by atoms with E-state index in [9.17, 15) is 0 Å². The highest BCUT2D eigenvalue weighted by Gasteiger charge is 2.40. The number of hydrogen-bond donors (Lipinski definition) is 2. The normalized spacial score (nSPS) is 20.8. The van der Waals surface area contributed by atoms with Gasteiger partial charge in [0, 0.05) is 0 Å². The van der Waals surface area contributed by atoms with E-state index < -0.39 is 0 Å². The number of nitrogens with two attached hydrogens (primary N) is 2. The Hall–Kier alpha value is -0.0800. The molecule has 0 saturated heterocycles. The third-order valence-electron chi connectivity index (χ3n) is 3.94. The van der Waals surface area contributed by atoms with Crippen molar-refractivity contribution in [1.82, 2.24) is 0 Å². The van der Waals surface area contributed by atoms with Crippen LogP contribution in [0, 0.1) is 10.8 Å². The van der Waals surface area contributed by atoms with Gasteiger partial charge in [-0.3, -0.25) is 0 Å². The first-order chi connectivity index (χ1) is 5.99. The summed E-state index contributed by atoms with van der Waals surface area (Å²) in [4.78, 5) is 0. The second-order valence-corrected chi connectivity index (χ2v) is 4.63. The van der Waals surface area contributed by atoms with Gasteiger partial charge in [0.15, 0.2) is 0 Å². The van der Waals surface area contributed by atoms with Gasteiger partial charge in [0.1, 0.15) is 0 Å². The number of hydrogen-bond acceptors (Lipinski definition) is 2. The lowest BCUT2D eigenvalue weighted by Crippen LogP contribution is -2.47. The standard InChI is InChI=1S/C11H26N2/c1-5-7-11(4,9-13)10(3,6-2)8-12/h5-9,12-13H2,1-4H3. The third-order valence-corrected chi connectivity index (χ3v) is 3.94. The Kier molecular flexibility index (Phi) is 4.93. The Balaban J connectivity index is 4.68. The van der Waals surface area contributed by atoms with Crippen LogP contribution in [0.4, 0.5) is 0 Å². The van der Waals surface area contributed by atoms with E-state index in [1.54, 1.807) is 0 Å². The molecule has 0 aromatic heterocycles. The predicted molar refractivity (Wildman–Crippen MR) is 59.5 cm³/mol. The molecule has 0 radical (unpaired) electrons. The van der Waals surface area contributed by atoms with E-state index in [2.05, 4.69) is 27.7 Å². The molecule has 0 aliphatic carbocycles. The predicted octanol–water partition coefficient (Wildman–Crippen LogP) is 2.13. The molecule has 0 spiro atoms. The zero-order valence-corrected chi connectivity index (χ0v) is 9.69. The smallest absolute Gasteiger partial charge is 0.00175 e. The Morgan fingerprint density at radius 2 is 1.38 bits per heavy atom. The highest BCUT2D eigenvalue weighted by Crippen LogP contribution is 2.43. The van der Waals surface area contributed by atoms with Crippen LogP contribution in [-0.2, 0) is 0 Å². The fourth-order valence-corrected chi connectivity index (χ4v) is 2.02. The average Bonchev–Trinajstić information content (AvgIpc) is 2.16. The van der Waals surface area contributed by atoms with Crippen molar-refractivity contribution in [3.63, 3.8) is 0 Å². The fraction of sp³-hybridized carbons (Fsp3) is 1.00. The Morgan fingerprint density at radius 3 is 1.62 bits per heavy atom. The van der Waals surface area contributed by atoms with Crippen LogP contribution < -0.4 is 11.5 Å². The molecular weight excluding hydrogens is 160 g/mol. The molecule has 0 fully saturated rings. The summed E-state index contributed by atoms with van der Waals surface area (Å²) in [7, 11) is 0. The fourth-order valence-electron chi connectivity index (χ4n) is 2.02. The zero-order chi connectivity index (χ0) is 10.5. The lowest BCUT2D eigenvalue weighted by atomic mass is 9.62. The summed E-state index contributed by atoms with van der Waals surface area (Å²) >= 11 is 0. The average molecular weight is 186 g/mol. The molecule has 80 valence electrons. The van der Waals surface area contributed by atoms with Gasteiger partial charge in [-0.25, -0.2) is 0 Å². The highest BCUT2D eigenvalue weighted by molar-refractivity contribution is 4.92. The van der Waals surface area contributed by atoms with Crippen LogP contribution in [0.5, 0.6) is 0 Å². The summed E-state index contributed by atoms with van der Waals surface area (Å²) in [6.07, 6.45) is 3.46. The minimum Gasteiger partial charge on any atom is -0.330 e. The summed E-state index contributed by atoms with van der Waals surface area (Å²) in [6, 6.07) is 0. The van der Waals surface area contributed by atoms with E-state index in [0.29, 0.717) is 0 Å². The van der Waals surface area contributed by atoms with Crippen LogP contribution in [-0.4, -0.2) is 13.1 Å². The monoisotopic (exact) mass is 186 g/mol. The lowest BCUT2D eigenvalue weighted by Gasteiger charge is -2.45. The van der Waals surface area contributed by atoms with E-state index in [4.69, 9.17) is 11.5 Å². The first-order valence-corrected chi connectivity index (χ1v) is 5.39. The summed E-state index contributed by atoms with van der Waals surface area (Å²) in [5.74, 6) is 0. The highest BCUT2D eigenvalue weighted by atomic mass is 14.7. The zero-order valence-electron chi connectivity index (χ0n) is 9.69. The van der Waals surface area contributed by atoms with Crippen molar-refractivity contribution in [3.05, 3.63) is 0 Å². The van der Waals surface area contributed by atoms with Gasteiger partial charge in [-0.05, 0) is 36.8 Å². The van der Waals surface area contributed by atoms with Gasteiger partial charge < -0.3 is 11.5 Å². The first-order valence-electron chi connectivity index (χ1n) is 5.39. The van der Waals surface area contributed by atoms with Crippen LogP contribution in [0.15, 0.2) is 0 Å². The molecule has 4 N–H and O–H groups in total. The molecule has 13 heavy (non-hydrogen) atoms. The van der Waals surface area contributed by atoms with Crippen LogP contribution >= 0.6 is 0 Å². The van der Waals surface area contributed by atoms with Gasteiger partial charge in [-0.1, -0.05) is 34.1 Å². The third kappa shape index (κ3) is 2.44. The summed E-state index contributed by atoms with van der Waals surface area (Å²) in [6.45, 7) is 10.4. The summed E-state index contributed by atoms with van der Waals surface area (Å²) in [5, 5.41) is 0. The molecule has 2 atom stereocenters. The van der Waals surface area contributed by atoms with Gasteiger partial charge in [0.25, 0.3) is 0 Å². The van der Waals surface area contributed by atoms with Crippen molar-refractivity contribution in [2.75, 3.05) is 13.1 Å². The van der Waals surface area contributed by atoms with E-state index in [1.165, 1.54) is 12.8 Å². The van der Waals surface area contributed by atoms with Crippen molar-refractivity contribution in [2.45, 2.75) is 47.0 Å². The molecular formula is C11H26N2. The second kappa shape index (κ2) is 4.97. The molecule has 0 aromatic carbocycles. The molecule has 0 bridgehead atoms. The van der Waals surface area contributed by atoms with Crippen LogP contribution in [0.3, 0.4) is 0 Å². The Morgan fingerprint density at radius 1 is 0.923 bits per heavy atom.